The van der Waals surface area contributed by atoms with Crippen LogP contribution in [0.2, 0.25) is 0 Å². The van der Waals surface area contributed by atoms with Crippen LogP contribution in [0.25, 0.3) is 0 Å². The van der Waals surface area contributed by atoms with Gasteiger partial charge in [0.1, 0.15) is 0 Å². The minimum atomic E-state index is 0. The molecular formula is C13H18. The Balaban J connectivity index is 0.000000845. The summed E-state index contributed by atoms with van der Waals surface area (Å²) in [6.45, 7) is 2.32. The van der Waals surface area contributed by atoms with Crippen LogP contribution < -0.4 is 0 Å². The van der Waals surface area contributed by atoms with Crippen molar-refractivity contribution in [3.05, 3.63) is 48.0 Å². The maximum absolute atomic E-state index is 2.33. The number of hydrogen-bond donors (Lipinski definition) is 0. The number of benzene rings is 1. The van der Waals surface area contributed by atoms with Gasteiger partial charge >= 0.3 is 0 Å². The fourth-order valence-corrected chi connectivity index (χ4v) is 1.89. The topological polar surface area (TPSA) is 0 Å². The van der Waals surface area contributed by atoms with Gasteiger partial charge in [-0.15, -0.1) is 0 Å². The molecule has 0 N–H and O–H groups in total. The van der Waals surface area contributed by atoms with E-state index in [9.17, 15) is 0 Å². The van der Waals surface area contributed by atoms with Crippen LogP contribution in [-0.2, 0) is 0 Å². The van der Waals surface area contributed by atoms with E-state index in [1.165, 1.54) is 12.0 Å². The third-order valence-corrected chi connectivity index (χ3v) is 2.65. The average Bonchev–Trinajstić information content (AvgIpc) is 2.53. The Kier molecular flexibility index (Phi) is 3.30. The lowest BCUT2D eigenvalue weighted by molar-refractivity contribution is 0.564. The molecule has 0 aromatic heterocycles. The van der Waals surface area contributed by atoms with Crippen LogP contribution in [0.5, 0.6) is 0 Å². The molecule has 1 aromatic rings. The second kappa shape index (κ2) is 4.27. The lowest BCUT2D eigenvalue weighted by Crippen LogP contribution is -2.01. The number of rotatable bonds is 1. The van der Waals surface area contributed by atoms with Gasteiger partial charge in [0.05, 0.1) is 0 Å². The van der Waals surface area contributed by atoms with Crippen molar-refractivity contribution in [2.24, 2.45) is 5.92 Å². The van der Waals surface area contributed by atoms with Crippen molar-refractivity contribution >= 4 is 0 Å². The molecule has 0 saturated carbocycles. The second-order valence-electron chi connectivity index (χ2n) is 3.58. The van der Waals surface area contributed by atoms with Crippen molar-refractivity contribution in [2.45, 2.75) is 26.7 Å². The van der Waals surface area contributed by atoms with E-state index in [2.05, 4.69) is 49.4 Å². The maximum Gasteiger partial charge on any atom is 0.00465 e. The molecule has 0 amide bonds. The Morgan fingerprint density at radius 1 is 1.15 bits per heavy atom. The Hall–Kier alpha value is -1.04. The van der Waals surface area contributed by atoms with Gasteiger partial charge in [-0.05, 0) is 17.9 Å². The SMILES string of the molecule is C.CC1CC=CC1c1ccccc1. The van der Waals surface area contributed by atoms with Gasteiger partial charge < -0.3 is 0 Å². The summed E-state index contributed by atoms with van der Waals surface area (Å²) < 4.78 is 0. The molecule has 1 aliphatic carbocycles. The van der Waals surface area contributed by atoms with E-state index in [-0.39, 0.29) is 7.43 Å². The summed E-state index contributed by atoms with van der Waals surface area (Å²) >= 11 is 0. The van der Waals surface area contributed by atoms with Crippen LogP contribution in [0.15, 0.2) is 42.5 Å². The molecule has 0 radical (unpaired) electrons. The Morgan fingerprint density at radius 2 is 1.85 bits per heavy atom. The van der Waals surface area contributed by atoms with Crippen LogP contribution in [0, 0.1) is 5.92 Å². The van der Waals surface area contributed by atoms with E-state index in [4.69, 9.17) is 0 Å². The smallest absolute Gasteiger partial charge is 0.00465 e. The van der Waals surface area contributed by atoms with Crippen LogP contribution in [0.1, 0.15) is 32.3 Å². The fourth-order valence-electron chi connectivity index (χ4n) is 1.89. The fraction of sp³-hybridized carbons (Fsp3) is 0.385. The third kappa shape index (κ3) is 2.00. The van der Waals surface area contributed by atoms with Gasteiger partial charge in [-0.3, -0.25) is 0 Å². The predicted octanol–water partition coefficient (Wildman–Crippen LogP) is 4.00. The molecule has 13 heavy (non-hydrogen) atoms. The van der Waals surface area contributed by atoms with E-state index in [0.29, 0.717) is 5.92 Å². The van der Waals surface area contributed by atoms with Crippen LogP contribution in [-0.4, -0.2) is 0 Å². The van der Waals surface area contributed by atoms with Crippen LogP contribution >= 0.6 is 0 Å². The molecule has 0 heterocycles. The zero-order valence-electron chi connectivity index (χ0n) is 7.40. The highest BCUT2D eigenvalue weighted by molar-refractivity contribution is 5.27. The first-order chi connectivity index (χ1) is 5.88. The van der Waals surface area contributed by atoms with Gasteiger partial charge in [-0.2, -0.15) is 0 Å². The summed E-state index contributed by atoms with van der Waals surface area (Å²) in [6, 6.07) is 10.8. The molecule has 1 aliphatic rings. The van der Waals surface area contributed by atoms with Gasteiger partial charge in [-0.1, -0.05) is 56.8 Å². The first-order valence-corrected chi connectivity index (χ1v) is 4.59. The van der Waals surface area contributed by atoms with Crippen molar-refractivity contribution < 1.29 is 0 Å². The highest BCUT2D eigenvalue weighted by atomic mass is 14.2. The molecular weight excluding hydrogens is 156 g/mol. The predicted molar refractivity (Wildman–Crippen MR) is 58.8 cm³/mol. The average molecular weight is 174 g/mol. The summed E-state index contributed by atoms with van der Waals surface area (Å²) in [5.74, 6) is 1.44. The van der Waals surface area contributed by atoms with E-state index in [1.54, 1.807) is 0 Å². The van der Waals surface area contributed by atoms with Gasteiger partial charge in [-0.25, -0.2) is 0 Å². The molecule has 0 bridgehead atoms. The summed E-state index contributed by atoms with van der Waals surface area (Å²) in [5, 5.41) is 0. The van der Waals surface area contributed by atoms with Gasteiger partial charge in [0.25, 0.3) is 0 Å². The van der Waals surface area contributed by atoms with Crippen molar-refractivity contribution in [3.63, 3.8) is 0 Å². The van der Waals surface area contributed by atoms with E-state index >= 15 is 0 Å². The lowest BCUT2D eigenvalue weighted by atomic mass is 9.90. The van der Waals surface area contributed by atoms with E-state index in [0.717, 1.165) is 5.92 Å². The van der Waals surface area contributed by atoms with E-state index < -0.39 is 0 Å². The van der Waals surface area contributed by atoms with E-state index in [1.807, 2.05) is 0 Å². The Labute approximate surface area is 81.3 Å². The zero-order valence-corrected chi connectivity index (χ0v) is 7.40. The highest BCUT2D eigenvalue weighted by Crippen LogP contribution is 2.33. The van der Waals surface area contributed by atoms with Crippen LogP contribution in [0.3, 0.4) is 0 Å². The molecule has 0 saturated heterocycles. The van der Waals surface area contributed by atoms with Crippen molar-refractivity contribution in [2.75, 3.05) is 0 Å². The van der Waals surface area contributed by atoms with Crippen molar-refractivity contribution in [1.29, 1.82) is 0 Å². The monoisotopic (exact) mass is 174 g/mol. The molecule has 1 aromatic carbocycles. The normalized spacial score (nSPS) is 25.6. The second-order valence-corrected chi connectivity index (χ2v) is 3.58. The Bertz CT molecular complexity index is 271. The first-order valence-electron chi connectivity index (χ1n) is 4.59. The standard InChI is InChI=1S/C12H14.CH4/c1-10-6-5-9-12(10)11-7-3-2-4-8-11;/h2-5,7-10,12H,6H2,1H3;1H4. The summed E-state index contributed by atoms with van der Waals surface area (Å²) in [4.78, 5) is 0. The molecule has 0 heteroatoms. The highest BCUT2D eigenvalue weighted by Gasteiger charge is 2.19. The van der Waals surface area contributed by atoms with Gasteiger partial charge in [0.2, 0.25) is 0 Å². The first kappa shape index (κ1) is 10.0. The molecule has 0 aliphatic heterocycles. The maximum atomic E-state index is 2.33. The van der Waals surface area contributed by atoms with Crippen molar-refractivity contribution in [1.82, 2.24) is 0 Å². The summed E-state index contributed by atoms with van der Waals surface area (Å²) in [6.07, 6.45) is 5.86. The molecule has 0 nitrogen and oxygen atoms in total. The molecule has 2 atom stereocenters. The molecule has 70 valence electrons. The third-order valence-electron chi connectivity index (χ3n) is 2.65. The van der Waals surface area contributed by atoms with Gasteiger partial charge in [0, 0.05) is 5.92 Å². The van der Waals surface area contributed by atoms with Crippen LogP contribution in [0.4, 0.5) is 0 Å². The minimum Gasteiger partial charge on any atom is -0.0876 e. The largest absolute Gasteiger partial charge is 0.0876 e. The summed E-state index contributed by atoms with van der Waals surface area (Å²) in [5.41, 5.74) is 1.46. The molecule has 2 rings (SSSR count). The van der Waals surface area contributed by atoms with Crippen molar-refractivity contribution in [3.8, 4) is 0 Å². The molecule has 0 spiro atoms. The molecule has 2 unspecified atom stereocenters. The zero-order chi connectivity index (χ0) is 8.39. The quantitative estimate of drug-likeness (QED) is 0.564. The molecule has 0 fully saturated rings. The Morgan fingerprint density at radius 3 is 2.38 bits per heavy atom. The number of allylic oxidation sites excluding steroid dienone is 2. The summed E-state index contributed by atoms with van der Waals surface area (Å²) in [7, 11) is 0. The van der Waals surface area contributed by atoms with Gasteiger partial charge in [0.15, 0.2) is 0 Å². The minimum absolute atomic E-state index is 0. The number of hydrogen-bond acceptors (Lipinski definition) is 0. The lowest BCUT2D eigenvalue weighted by Gasteiger charge is -2.14.